The summed E-state index contributed by atoms with van der Waals surface area (Å²) in [5, 5.41) is 13.0. The maximum Gasteiger partial charge on any atom is 0.194 e. The van der Waals surface area contributed by atoms with E-state index in [9.17, 15) is 9.90 Å². The first-order chi connectivity index (χ1) is 9.66. The molecule has 0 aliphatic heterocycles. The number of para-hydroxylation sites is 1. The van der Waals surface area contributed by atoms with E-state index in [1.165, 1.54) is 6.07 Å². The Hall–Kier alpha value is -2.07. The molecule has 1 aliphatic carbocycles. The number of phenols is 1. The largest absolute Gasteiger partial charge is 0.507 e. The number of carbonyl (C=O) groups is 1. The van der Waals surface area contributed by atoms with Crippen LogP contribution in [0.1, 0.15) is 15.9 Å². The second-order valence-electron chi connectivity index (χ2n) is 4.61. The summed E-state index contributed by atoms with van der Waals surface area (Å²) in [6.45, 7) is 0. The van der Waals surface area contributed by atoms with E-state index in [1.54, 1.807) is 12.3 Å². The number of hydrogen-bond acceptors (Lipinski definition) is 3. The van der Waals surface area contributed by atoms with Gasteiger partial charge in [0.2, 0.25) is 0 Å². The molecule has 4 heteroatoms. The number of hydrogen-bond donors (Lipinski definition) is 2. The number of aromatic hydroxyl groups is 1. The third-order valence-corrected chi connectivity index (χ3v) is 4.05. The van der Waals surface area contributed by atoms with Gasteiger partial charge in [-0.05, 0) is 29.8 Å². The van der Waals surface area contributed by atoms with Crippen LogP contribution >= 0.6 is 15.9 Å². The summed E-state index contributed by atoms with van der Waals surface area (Å²) in [5.41, 5.74) is 2.81. The topological polar surface area (TPSA) is 49.3 Å². The number of halogens is 1. The van der Waals surface area contributed by atoms with Gasteiger partial charge in [0, 0.05) is 28.4 Å². The van der Waals surface area contributed by atoms with Crippen LogP contribution in [-0.2, 0) is 6.42 Å². The molecule has 0 fully saturated rings. The standard InChI is InChI=1S/C16H12BrNO2/c17-13-6-7-14(19)15-12(13)8-10(16(15)20)9-18-11-4-2-1-3-5-11/h1-7,9,18-19H,8H2/b10-9+. The summed E-state index contributed by atoms with van der Waals surface area (Å²) in [7, 11) is 0. The Morgan fingerprint density at radius 1 is 1.15 bits per heavy atom. The lowest BCUT2D eigenvalue weighted by atomic mass is 10.1. The van der Waals surface area contributed by atoms with Crippen molar-refractivity contribution in [1.29, 1.82) is 0 Å². The van der Waals surface area contributed by atoms with Crippen molar-refractivity contribution >= 4 is 27.4 Å². The highest BCUT2D eigenvalue weighted by molar-refractivity contribution is 9.10. The van der Waals surface area contributed by atoms with E-state index >= 15 is 0 Å². The lowest BCUT2D eigenvalue weighted by Crippen LogP contribution is -1.99. The maximum atomic E-state index is 12.3. The van der Waals surface area contributed by atoms with Crippen LogP contribution < -0.4 is 5.32 Å². The summed E-state index contributed by atoms with van der Waals surface area (Å²) < 4.78 is 0.849. The molecule has 2 N–H and O–H groups in total. The van der Waals surface area contributed by atoms with Gasteiger partial charge >= 0.3 is 0 Å². The molecular formula is C16H12BrNO2. The van der Waals surface area contributed by atoms with Crippen LogP contribution in [0.15, 0.2) is 58.7 Å². The number of rotatable bonds is 2. The molecule has 0 aromatic heterocycles. The van der Waals surface area contributed by atoms with E-state index in [1.807, 2.05) is 30.3 Å². The van der Waals surface area contributed by atoms with Crippen molar-refractivity contribution in [3.05, 3.63) is 69.8 Å². The normalized spacial score (nSPS) is 15.4. The van der Waals surface area contributed by atoms with E-state index in [0.717, 1.165) is 15.7 Å². The first-order valence-corrected chi connectivity index (χ1v) is 7.02. The number of ketones is 1. The Bertz CT molecular complexity index is 708. The molecule has 3 nitrogen and oxygen atoms in total. The van der Waals surface area contributed by atoms with E-state index in [0.29, 0.717) is 17.6 Å². The van der Waals surface area contributed by atoms with Crippen molar-refractivity contribution in [1.82, 2.24) is 0 Å². The van der Waals surface area contributed by atoms with Crippen LogP contribution in [0, 0.1) is 0 Å². The summed E-state index contributed by atoms with van der Waals surface area (Å²) in [5.74, 6) is -0.0847. The van der Waals surface area contributed by atoms with Crippen LogP contribution in [-0.4, -0.2) is 10.9 Å². The molecule has 0 amide bonds. The van der Waals surface area contributed by atoms with E-state index < -0.39 is 0 Å². The molecular weight excluding hydrogens is 318 g/mol. The van der Waals surface area contributed by atoms with Crippen LogP contribution in [0.3, 0.4) is 0 Å². The molecule has 0 saturated heterocycles. The summed E-state index contributed by atoms with van der Waals surface area (Å²) in [6, 6.07) is 12.9. The fourth-order valence-electron chi connectivity index (χ4n) is 2.29. The average molecular weight is 330 g/mol. The Morgan fingerprint density at radius 2 is 1.90 bits per heavy atom. The number of fused-ring (bicyclic) bond motifs is 1. The van der Waals surface area contributed by atoms with Crippen molar-refractivity contribution in [2.75, 3.05) is 5.32 Å². The number of nitrogens with one attached hydrogen (secondary N) is 1. The SMILES string of the molecule is O=C1/C(=C/Nc2ccccc2)Cc2c(Br)ccc(O)c21. The van der Waals surface area contributed by atoms with Crippen LogP contribution in [0.25, 0.3) is 0 Å². The minimum absolute atomic E-state index is 0.0383. The molecule has 0 unspecified atom stereocenters. The van der Waals surface area contributed by atoms with Crippen molar-refractivity contribution in [3.63, 3.8) is 0 Å². The van der Waals surface area contributed by atoms with Gasteiger partial charge in [-0.3, -0.25) is 4.79 Å². The smallest absolute Gasteiger partial charge is 0.194 e. The van der Waals surface area contributed by atoms with Crippen LogP contribution in [0.5, 0.6) is 5.75 Å². The Labute approximate surface area is 125 Å². The summed E-state index contributed by atoms with van der Waals surface area (Å²) in [6.07, 6.45) is 2.23. The van der Waals surface area contributed by atoms with Gasteiger partial charge in [0.25, 0.3) is 0 Å². The summed E-state index contributed by atoms with van der Waals surface area (Å²) in [4.78, 5) is 12.3. The van der Waals surface area contributed by atoms with Gasteiger partial charge in [-0.2, -0.15) is 0 Å². The molecule has 2 aromatic rings. The molecule has 0 atom stereocenters. The molecule has 20 heavy (non-hydrogen) atoms. The molecule has 3 rings (SSSR count). The zero-order valence-corrected chi connectivity index (χ0v) is 12.1. The number of allylic oxidation sites excluding steroid dienone is 1. The minimum atomic E-state index is -0.123. The lowest BCUT2D eigenvalue weighted by Gasteiger charge is -2.01. The van der Waals surface area contributed by atoms with Crippen molar-refractivity contribution in [3.8, 4) is 5.75 Å². The van der Waals surface area contributed by atoms with Gasteiger partial charge in [-0.1, -0.05) is 34.1 Å². The molecule has 0 heterocycles. The monoisotopic (exact) mass is 329 g/mol. The highest BCUT2D eigenvalue weighted by Gasteiger charge is 2.29. The quantitative estimate of drug-likeness (QED) is 0.822. The van der Waals surface area contributed by atoms with Crippen molar-refractivity contribution in [2.45, 2.75) is 6.42 Å². The van der Waals surface area contributed by atoms with Crippen molar-refractivity contribution in [2.24, 2.45) is 0 Å². The fraction of sp³-hybridized carbons (Fsp3) is 0.0625. The molecule has 0 bridgehead atoms. The predicted molar refractivity (Wildman–Crippen MR) is 82.0 cm³/mol. The lowest BCUT2D eigenvalue weighted by molar-refractivity contribution is 0.103. The van der Waals surface area contributed by atoms with Gasteiger partial charge in [-0.15, -0.1) is 0 Å². The van der Waals surface area contributed by atoms with Gasteiger partial charge < -0.3 is 10.4 Å². The Kier molecular flexibility index (Phi) is 3.32. The Balaban J connectivity index is 1.90. The Morgan fingerprint density at radius 3 is 2.60 bits per heavy atom. The highest BCUT2D eigenvalue weighted by atomic mass is 79.9. The van der Waals surface area contributed by atoms with Gasteiger partial charge in [0.1, 0.15) is 5.75 Å². The van der Waals surface area contributed by atoms with Gasteiger partial charge in [0.15, 0.2) is 5.78 Å². The average Bonchev–Trinajstić information content (AvgIpc) is 2.80. The van der Waals surface area contributed by atoms with Crippen molar-refractivity contribution < 1.29 is 9.90 Å². The molecule has 2 aromatic carbocycles. The zero-order valence-electron chi connectivity index (χ0n) is 10.6. The number of Topliss-reactive ketones (excluding diaryl/α,β-unsaturated/α-hetero) is 1. The number of benzene rings is 2. The van der Waals surface area contributed by atoms with Crippen LogP contribution in [0.2, 0.25) is 0 Å². The van der Waals surface area contributed by atoms with Gasteiger partial charge in [-0.25, -0.2) is 0 Å². The fourth-order valence-corrected chi connectivity index (χ4v) is 2.76. The number of phenolic OH excluding ortho intramolecular Hbond substituents is 1. The van der Waals surface area contributed by atoms with E-state index in [4.69, 9.17) is 0 Å². The molecule has 0 saturated carbocycles. The van der Waals surface area contributed by atoms with Crippen LogP contribution in [0.4, 0.5) is 5.69 Å². The molecule has 0 radical (unpaired) electrons. The minimum Gasteiger partial charge on any atom is -0.507 e. The molecule has 1 aliphatic rings. The molecule has 0 spiro atoms. The maximum absolute atomic E-state index is 12.3. The third-order valence-electron chi connectivity index (χ3n) is 3.31. The van der Waals surface area contributed by atoms with Gasteiger partial charge in [0.05, 0.1) is 5.56 Å². The molecule has 100 valence electrons. The first kappa shape index (κ1) is 12.9. The first-order valence-electron chi connectivity index (χ1n) is 6.22. The number of anilines is 1. The second-order valence-corrected chi connectivity index (χ2v) is 5.46. The third kappa shape index (κ3) is 2.23. The van der Waals surface area contributed by atoms with E-state index in [2.05, 4.69) is 21.2 Å². The predicted octanol–water partition coefficient (Wildman–Crippen LogP) is 3.89. The van der Waals surface area contributed by atoms with E-state index in [-0.39, 0.29) is 11.5 Å². The zero-order chi connectivity index (χ0) is 14.1. The number of carbonyl (C=O) groups excluding carboxylic acids is 1. The second kappa shape index (κ2) is 5.13. The summed E-state index contributed by atoms with van der Waals surface area (Å²) >= 11 is 3.42. The highest BCUT2D eigenvalue weighted by Crippen LogP contribution is 2.37.